The third-order valence-electron chi connectivity index (χ3n) is 4.62. The summed E-state index contributed by atoms with van der Waals surface area (Å²) in [6, 6.07) is 1.64. The Morgan fingerprint density at radius 3 is 2.86 bits per heavy atom. The van der Waals surface area contributed by atoms with Crippen LogP contribution in [0.15, 0.2) is 16.8 Å². The second-order valence-electron chi connectivity index (χ2n) is 5.88. The molecule has 0 bridgehead atoms. The Bertz CT molecular complexity index is 514. The smallest absolute Gasteiger partial charge is 0.246 e. The summed E-state index contributed by atoms with van der Waals surface area (Å²) in [5.74, 6) is 0.323. The van der Waals surface area contributed by atoms with Crippen LogP contribution in [-0.4, -0.2) is 46.8 Å². The number of carbonyl (C=O) groups is 2. The van der Waals surface area contributed by atoms with Crippen LogP contribution in [0.4, 0.5) is 0 Å². The molecular weight excluding hydrogens is 284 g/mol. The van der Waals surface area contributed by atoms with Gasteiger partial charge in [0, 0.05) is 13.1 Å². The van der Waals surface area contributed by atoms with E-state index in [4.69, 9.17) is 0 Å². The minimum Gasteiger partial charge on any atom is -0.329 e. The molecule has 0 spiro atoms. The van der Waals surface area contributed by atoms with Crippen molar-refractivity contribution in [1.82, 2.24) is 9.80 Å². The lowest BCUT2D eigenvalue weighted by molar-refractivity contribution is -0.163. The van der Waals surface area contributed by atoms with Crippen molar-refractivity contribution < 1.29 is 9.59 Å². The summed E-state index contributed by atoms with van der Waals surface area (Å²) in [6.45, 7) is 3.41. The normalized spacial score (nSPS) is 26.1. The molecule has 5 heteroatoms. The number of piperazine rings is 1. The number of thiophene rings is 1. The number of carbonyl (C=O) groups excluding carboxylic acids is 2. The molecule has 2 atom stereocenters. The molecule has 0 N–H and O–H groups in total. The van der Waals surface area contributed by atoms with Gasteiger partial charge >= 0.3 is 0 Å². The largest absolute Gasteiger partial charge is 0.329 e. The van der Waals surface area contributed by atoms with Crippen LogP contribution in [0.5, 0.6) is 0 Å². The van der Waals surface area contributed by atoms with Crippen LogP contribution in [0.2, 0.25) is 0 Å². The lowest BCUT2D eigenvalue weighted by atomic mass is 9.94. The van der Waals surface area contributed by atoms with E-state index in [0.29, 0.717) is 13.0 Å². The van der Waals surface area contributed by atoms with E-state index in [1.165, 1.54) is 5.56 Å². The number of rotatable bonds is 4. The predicted octanol–water partition coefficient (Wildman–Crippen LogP) is 2.29. The Morgan fingerprint density at radius 1 is 1.29 bits per heavy atom. The minimum absolute atomic E-state index is 0.159. The van der Waals surface area contributed by atoms with Crippen LogP contribution in [0.3, 0.4) is 0 Å². The molecule has 2 saturated heterocycles. The van der Waals surface area contributed by atoms with Gasteiger partial charge in [-0.05, 0) is 54.5 Å². The standard InChI is InChI=1S/C16H22N2O2S/c1-2-13-15(19)17-8-4-3-5-14(17)16(20)18(13)9-6-12-7-10-21-11-12/h7,10-11,13-14H,2-6,8-9H2,1H3. The highest BCUT2D eigenvalue weighted by molar-refractivity contribution is 7.07. The first kappa shape index (κ1) is 14.6. The molecule has 3 rings (SSSR count). The van der Waals surface area contributed by atoms with Crippen molar-refractivity contribution in [3.8, 4) is 0 Å². The highest BCUT2D eigenvalue weighted by Crippen LogP contribution is 2.27. The van der Waals surface area contributed by atoms with Gasteiger partial charge in [0.2, 0.25) is 11.8 Å². The molecule has 3 heterocycles. The summed E-state index contributed by atoms with van der Waals surface area (Å²) in [5, 5.41) is 4.17. The lowest BCUT2D eigenvalue weighted by Gasteiger charge is -2.46. The van der Waals surface area contributed by atoms with Crippen molar-refractivity contribution in [2.45, 2.75) is 51.1 Å². The Hall–Kier alpha value is -1.36. The molecule has 2 aliphatic rings. The van der Waals surface area contributed by atoms with Gasteiger partial charge in [-0.15, -0.1) is 0 Å². The van der Waals surface area contributed by atoms with Crippen molar-refractivity contribution in [2.75, 3.05) is 13.1 Å². The molecule has 4 nitrogen and oxygen atoms in total. The van der Waals surface area contributed by atoms with Gasteiger partial charge < -0.3 is 9.80 Å². The van der Waals surface area contributed by atoms with Crippen molar-refractivity contribution in [2.24, 2.45) is 0 Å². The fourth-order valence-corrected chi connectivity index (χ4v) is 4.17. The van der Waals surface area contributed by atoms with Crippen molar-refractivity contribution in [3.63, 3.8) is 0 Å². The Morgan fingerprint density at radius 2 is 2.14 bits per heavy atom. The summed E-state index contributed by atoms with van der Waals surface area (Å²) in [6.07, 6.45) is 4.45. The lowest BCUT2D eigenvalue weighted by Crippen LogP contribution is -2.65. The number of piperidine rings is 1. The molecule has 0 aliphatic carbocycles. The SMILES string of the molecule is CCC1C(=O)N2CCCCC2C(=O)N1CCc1ccsc1. The zero-order valence-electron chi connectivity index (χ0n) is 12.5. The molecule has 2 amide bonds. The van der Waals surface area contributed by atoms with Gasteiger partial charge in [0.1, 0.15) is 12.1 Å². The second kappa shape index (κ2) is 6.18. The molecule has 2 unspecified atom stereocenters. The number of hydrogen-bond acceptors (Lipinski definition) is 3. The molecular formula is C16H22N2O2S. The molecule has 0 radical (unpaired) electrons. The summed E-state index contributed by atoms with van der Waals surface area (Å²) in [5.41, 5.74) is 1.25. The monoisotopic (exact) mass is 306 g/mol. The average molecular weight is 306 g/mol. The summed E-state index contributed by atoms with van der Waals surface area (Å²) in [4.78, 5) is 29.1. The maximum absolute atomic E-state index is 12.8. The Kier molecular flexibility index (Phi) is 4.29. The van der Waals surface area contributed by atoms with Gasteiger partial charge in [-0.1, -0.05) is 6.92 Å². The van der Waals surface area contributed by atoms with Crippen LogP contribution in [0, 0.1) is 0 Å². The average Bonchev–Trinajstić information content (AvgIpc) is 3.03. The van der Waals surface area contributed by atoms with Gasteiger partial charge in [0.05, 0.1) is 0 Å². The fourth-order valence-electron chi connectivity index (χ4n) is 3.47. The first-order chi connectivity index (χ1) is 10.2. The van der Waals surface area contributed by atoms with Gasteiger partial charge in [-0.3, -0.25) is 9.59 Å². The topological polar surface area (TPSA) is 40.6 Å². The van der Waals surface area contributed by atoms with E-state index >= 15 is 0 Å². The molecule has 114 valence electrons. The van der Waals surface area contributed by atoms with Gasteiger partial charge in [0.15, 0.2) is 0 Å². The molecule has 2 fully saturated rings. The van der Waals surface area contributed by atoms with Crippen LogP contribution < -0.4 is 0 Å². The van der Waals surface area contributed by atoms with Gasteiger partial charge in [0.25, 0.3) is 0 Å². The molecule has 0 aromatic carbocycles. The Labute approximate surface area is 129 Å². The van der Waals surface area contributed by atoms with E-state index in [1.54, 1.807) is 11.3 Å². The van der Waals surface area contributed by atoms with E-state index in [2.05, 4.69) is 16.8 Å². The van der Waals surface area contributed by atoms with E-state index in [9.17, 15) is 9.59 Å². The maximum Gasteiger partial charge on any atom is 0.246 e. The van der Waals surface area contributed by atoms with Crippen LogP contribution >= 0.6 is 11.3 Å². The molecule has 0 saturated carbocycles. The van der Waals surface area contributed by atoms with Crippen LogP contribution in [0.25, 0.3) is 0 Å². The fraction of sp³-hybridized carbons (Fsp3) is 0.625. The number of fused-ring (bicyclic) bond motifs is 1. The summed E-state index contributed by atoms with van der Waals surface area (Å²) < 4.78 is 0. The third kappa shape index (κ3) is 2.71. The predicted molar refractivity (Wildman–Crippen MR) is 83.2 cm³/mol. The summed E-state index contributed by atoms with van der Waals surface area (Å²) in [7, 11) is 0. The molecule has 21 heavy (non-hydrogen) atoms. The molecule has 1 aromatic heterocycles. The van der Waals surface area contributed by atoms with E-state index in [-0.39, 0.29) is 23.9 Å². The first-order valence-electron chi connectivity index (χ1n) is 7.84. The Balaban J connectivity index is 1.76. The van der Waals surface area contributed by atoms with Gasteiger partial charge in [-0.2, -0.15) is 11.3 Å². The number of amides is 2. The summed E-state index contributed by atoms with van der Waals surface area (Å²) >= 11 is 1.67. The minimum atomic E-state index is -0.259. The number of hydrogen-bond donors (Lipinski definition) is 0. The third-order valence-corrected chi connectivity index (χ3v) is 5.36. The number of nitrogens with zero attached hydrogens (tertiary/aromatic N) is 2. The highest BCUT2D eigenvalue weighted by Gasteiger charge is 2.45. The second-order valence-corrected chi connectivity index (χ2v) is 6.66. The quantitative estimate of drug-likeness (QED) is 0.856. The van der Waals surface area contributed by atoms with Crippen LogP contribution in [-0.2, 0) is 16.0 Å². The maximum atomic E-state index is 12.8. The van der Waals surface area contributed by atoms with Crippen molar-refractivity contribution >= 4 is 23.2 Å². The molecule has 1 aromatic rings. The van der Waals surface area contributed by atoms with Crippen molar-refractivity contribution in [1.29, 1.82) is 0 Å². The van der Waals surface area contributed by atoms with E-state index in [1.807, 2.05) is 16.7 Å². The first-order valence-corrected chi connectivity index (χ1v) is 8.78. The molecule has 2 aliphatic heterocycles. The van der Waals surface area contributed by atoms with Gasteiger partial charge in [-0.25, -0.2) is 0 Å². The zero-order valence-corrected chi connectivity index (χ0v) is 13.3. The highest BCUT2D eigenvalue weighted by atomic mass is 32.1. The van der Waals surface area contributed by atoms with Crippen molar-refractivity contribution in [3.05, 3.63) is 22.4 Å². The van der Waals surface area contributed by atoms with E-state index < -0.39 is 0 Å². The van der Waals surface area contributed by atoms with Crippen LogP contribution in [0.1, 0.15) is 38.2 Å². The van der Waals surface area contributed by atoms with E-state index in [0.717, 1.165) is 32.2 Å². The zero-order chi connectivity index (χ0) is 14.8.